The molecule has 7 nitrogen and oxygen atoms in total. The number of hydrogen-bond acceptors (Lipinski definition) is 6. The van der Waals surface area contributed by atoms with E-state index in [0.717, 1.165) is 17.8 Å². The van der Waals surface area contributed by atoms with Crippen molar-refractivity contribution >= 4 is 28.7 Å². The molecule has 0 bridgehead atoms. The van der Waals surface area contributed by atoms with Crippen LogP contribution >= 0.6 is 11.3 Å². The molecule has 11 heteroatoms. The first-order valence-corrected chi connectivity index (χ1v) is 11.8. The van der Waals surface area contributed by atoms with Crippen LogP contribution in [-0.2, 0) is 24.3 Å². The van der Waals surface area contributed by atoms with Crippen molar-refractivity contribution in [3.63, 3.8) is 0 Å². The maximum Gasteiger partial charge on any atom is 0.240 e. The predicted molar refractivity (Wildman–Crippen MR) is 126 cm³/mol. The lowest BCUT2D eigenvalue weighted by molar-refractivity contribution is -0.134. The lowest BCUT2D eigenvalue weighted by Crippen LogP contribution is -2.47. The predicted octanol–water partition coefficient (Wildman–Crippen LogP) is 4.08. The van der Waals surface area contributed by atoms with E-state index < -0.39 is 23.5 Å². The molecule has 1 amide bonds. The number of thiazole rings is 1. The third-order valence-electron chi connectivity index (χ3n) is 5.81. The molecule has 5 rings (SSSR count). The summed E-state index contributed by atoms with van der Waals surface area (Å²) in [5, 5.41) is 4.99. The summed E-state index contributed by atoms with van der Waals surface area (Å²) in [6.07, 6.45) is 0.344. The summed E-state index contributed by atoms with van der Waals surface area (Å²) in [4.78, 5) is 23.6. The van der Waals surface area contributed by atoms with Crippen LogP contribution in [0.25, 0.3) is 11.3 Å². The Morgan fingerprint density at radius 3 is 2.63 bits per heavy atom. The zero-order chi connectivity index (χ0) is 24.5. The van der Waals surface area contributed by atoms with Crippen molar-refractivity contribution in [1.29, 1.82) is 0 Å². The first-order chi connectivity index (χ1) is 16.9. The standard InChI is InChI=1S/C24H21F3N6OS/c25-15-3-1-14(2-4-15)22-23(30-16-5-6-18(26)19(27)9-16)33-8-7-32(11-21(33)31-22)24(34)20(28)10-17-12-35-13-29-17/h1-6,9,12-13,20,30H,7-8,10-11,28H2/t20-/m0/s1. The van der Waals surface area contributed by atoms with Gasteiger partial charge in [0.1, 0.15) is 23.2 Å². The van der Waals surface area contributed by atoms with Gasteiger partial charge >= 0.3 is 0 Å². The van der Waals surface area contributed by atoms with E-state index in [1.54, 1.807) is 22.5 Å². The second-order valence-electron chi connectivity index (χ2n) is 8.19. The number of benzene rings is 2. The zero-order valence-corrected chi connectivity index (χ0v) is 19.2. The molecule has 3 heterocycles. The fraction of sp³-hybridized carbons (Fsp3) is 0.208. The van der Waals surface area contributed by atoms with Gasteiger partial charge < -0.3 is 20.5 Å². The van der Waals surface area contributed by atoms with Crippen LogP contribution in [0.1, 0.15) is 11.5 Å². The molecule has 1 aliphatic rings. The number of halogens is 3. The van der Waals surface area contributed by atoms with Crippen LogP contribution in [0.4, 0.5) is 24.7 Å². The molecule has 1 aliphatic heterocycles. The van der Waals surface area contributed by atoms with Gasteiger partial charge in [0.2, 0.25) is 5.91 Å². The SMILES string of the molecule is N[C@@H](Cc1cscn1)C(=O)N1CCn2c(nc(-c3ccc(F)cc3)c2Nc2ccc(F)c(F)c2)C1. The van der Waals surface area contributed by atoms with Gasteiger partial charge in [-0.2, -0.15) is 0 Å². The van der Waals surface area contributed by atoms with Crippen molar-refractivity contribution in [3.05, 3.63) is 82.3 Å². The number of nitrogens with two attached hydrogens (primary N) is 1. The Morgan fingerprint density at radius 1 is 1.11 bits per heavy atom. The molecule has 0 unspecified atom stereocenters. The second-order valence-corrected chi connectivity index (χ2v) is 8.91. The maximum atomic E-state index is 13.8. The Hall–Kier alpha value is -3.70. The third kappa shape index (κ3) is 4.77. The van der Waals surface area contributed by atoms with Gasteiger partial charge in [-0.15, -0.1) is 11.3 Å². The molecule has 4 aromatic rings. The Bertz CT molecular complexity index is 1360. The lowest BCUT2D eigenvalue weighted by atomic mass is 10.1. The third-order valence-corrected chi connectivity index (χ3v) is 6.45. The number of fused-ring (bicyclic) bond motifs is 1. The summed E-state index contributed by atoms with van der Waals surface area (Å²) in [6.45, 7) is 1.02. The molecule has 3 N–H and O–H groups in total. The van der Waals surface area contributed by atoms with E-state index in [0.29, 0.717) is 48.1 Å². The number of carbonyl (C=O) groups is 1. The topological polar surface area (TPSA) is 89.1 Å². The van der Waals surface area contributed by atoms with E-state index >= 15 is 0 Å². The molecule has 2 aromatic heterocycles. The number of nitrogens with zero attached hydrogens (tertiary/aromatic N) is 4. The van der Waals surface area contributed by atoms with Crippen LogP contribution in [-0.4, -0.2) is 37.9 Å². The maximum absolute atomic E-state index is 13.8. The van der Waals surface area contributed by atoms with E-state index in [4.69, 9.17) is 10.7 Å². The van der Waals surface area contributed by atoms with E-state index in [1.165, 1.54) is 29.5 Å². The van der Waals surface area contributed by atoms with Gasteiger partial charge in [0.15, 0.2) is 11.6 Å². The van der Waals surface area contributed by atoms with E-state index in [1.807, 2.05) is 9.95 Å². The number of nitrogens with one attached hydrogen (secondary N) is 1. The van der Waals surface area contributed by atoms with Crippen LogP contribution in [0.2, 0.25) is 0 Å². The molecule has 0 saturated carbocycles. The van der Waals surface area contributed by atoms with Crippen molar-refractivity contribution in [2.75, 3.05) is 11.9 Å². The molecule has 0 aliphatic carbocycles. The Labute approximate surface area is 203 Å². The molecule has 2 aromatic carbocycles. The van der Waals surface area contributed by atoms with Crippen molar-refractivity contribution in [3.8, 4) is 11.3 Å². The summed E-state index contributed by atoms with van der Waals surface area (Å²) in [7, 11) is 0. The second kappa shape index (κ2) is 9.51. The number of imidazole rings is 1. The summed E-state index contributed by atoms with van der Waals surface area (Å²) in [5.74, 6) is -1.40. The molecule has 0 saturated heterocycles. The number of hydrogen-bond donors (Lipinski definition) is 2. The molecule has 35 heavy (non-hydrogen) atoms. The van der Waals surface area contributed by atoms with Gasteiger partial charge in [0, 0.05) is 42.2 Å². The normalized spacial score (nSPS) is 14.0. The molecular formula is C24H21F3N6OS. The van der Waals surface area contributed by atoms with Gasteiger partial charge in [0.05, 0.1) is 23.8 Å². The molecule has 0 fully saturated rings. The molecule has 1 atom stereocenters. The van der Waals surface area contributed by atoms with Gasteiger partial charge in [-0.1, -0.05) is 0 Å². The molecule has 0 radical (unpaired) electrons. The molecule has 180 valence electrons. The largest absolute Gasteiger partial charge is 0.340 e. The minimum Gasteiger partial charge on any atom is -0.340 e. The molecule has 0 spiro atoms. The van der Waals surface area contributed by atoms with Crippen LogP contribution < -0.4 is 11.1 Å². The van der Waals surface area contributed by atoms with Crippen molar-refractivity contribution in [2.45, 2.75) is 25.6 Å². The number of rotatable bonds is 6. The van der Waals surface area contributed by atoms with Crippen molar-refractivity contribution < 1.29 is 18.0 Å². The van der Waals surface area contributed by atoms with E-state index in [9.17, 15) is 18.0 Å². The average molecular weight is 499 g/mol. The van der Waals surface area contributed by atoms with Crippen LogP contribution in [0.3, 0.4) is 0 Å². The lowest BCUT2D eigenvalue weighted by Gasteiger charge is -2.30. The summed E-state index contributed by atoms with van der Waals surface area (Å²) >= 11 is 1.45. The fourth-order valence-corrected chi connectivity index (χ4v) is 4.62. The van der Waals surface area contributed by atoms with Crippen molar-refractivity contribution in [2.24, 2.45) is 5.73 Å². The van der Waals surface area contributed by atoms with Crippen LogP contribution in [0.15, 0.2) is 53.4 Å². The highest BCUT2D eigenvalue weighted by atomic mass is 32.1. The minimum absolute atomic E-state index is 0.203. The van der Waals surface area contributed by atoms with Gasteiger partial charge in [-0.05, 0) is 36.4 Å². The average Bonchev–Trinajstić information content (AvgIpc) is 3.49. The Kier molecular flexibility index (Phi) is 6.27. The quantitative estimate of drug-likeness (QED) is 0.418. The first kappa shape index (κ1) is 23.1. The number of aromatic nitrogens is 3. The highest BCUT2D eigenvalue weighted by molar-refractivity contribution is 7.07. The van der Waals surface area contributed by atoms with Gasteiger partial charge in [0.25, 0.3) is 0 Å². The Balaban J connectivity index is 1.45. The summed E-state index contributed by atoms with van der Waals surface area (Å²) < 4.78 is 42.7. The van der Waals surface area contributed by atoms with E-state index in [2.05, 4.69) is 10.3 Å². The van der Waals surface area contributed by atoms with Gasteiger partial charge in [-0.25, -0.2) is 23.1 Å². The molecular weight excluding hydrogens is 477 g/mol. The van der Waals surface area contributed by atoms with Crippen LogP contribution in [0, 0.1) is 17.5 Å². The van der Waals surface area contributed by atoms with E-state index in [-0.39, 0.29) is 12.5 Å². The van der Waals surface area contributed by atoms with Gasteiger partial charge in [-0.3, -0.25) is 4.79 Å². The number of carbonyl (C=O) groups excluding carboxylic acids is 1. The van der Waals surface area contributed by atoms with Crippen LogP contribution in [0.5, 0.6) is 0 Å². The minimum atomic E-state index is -0.984. The monoisotopic (exact) mass is 498 g/mol. The number of anilines is 2. The zero-order valence-electron chi connectivity index (χ0n) is 18.4. The summed E-state index contributed by atoms with van der Waals surface area (Å²) in [5.41, 5.74) is 10.1. The Morgan fingerprint density at radius 2 is 1.91 bits per heavy atom. The highest BCUT2D eigenvalue weighted by Gasteiger charge is 2.29. The summed E-state index contributed by atoms with van der Waals surface area (Å²) in [6, 6.07) is 8.61. The first-order valence-electron chi connectivity index (χ1n) is 10.9. The van der Waals surface area contributed by atoms with Crippen molar-refractivity contribution in [1.82, 2.24) is 19.4 Å². The highest BCUT2D eigenvalue weighted by Crippen LogP contribution is 2.33. The number of amides is 1. The smallest absolute Gasteiger partial charge is 0.240 e. The fourth-order valence-electron chi connectivity index (χ4n) is 4.05.